The maximum atomic E-state index is 12.6. The molecular formula is C18H19N5O5. The Morgan fingerprint density at radius 2 is 2.07 bits per heavy atom. The fourth-order valence-electron chi connectivity index (χ4n) is 3.80. The number of nitrogen functional groups attached to an aromatic ring is 1. The summed E-state index contributed by atoms with van der Waals surface area (Å²) in [6, 6.07) is 5.17. The SMILES string of the molecule is COc1ccc2c(c1)OC1(CCN(c3ncnc(N)c3[N+](=O)[O-])CC1)CC2=O. The van der Waals surface area contributed by atoms with Gasteiger partial charge < -0.3 is 20.1 Å². The van der Waals surface area contributed by atoms with Gasteiger partial charge in [0.1, 0.15) is 23.4 Å². The number of Topliss-reactive ketones (excluding diaryl/α,β-unsaturated/α-hetero) is 1. The minimum Gasteiger partial charge on any atom is -0.497 e. The number of nitro groups is 1. The number of piperidine rings is 1. The predicted octanol–water partition coefficient (Wildman–Crippen LogP) is 1.98. The van der Waals surface area contributed by atoms with Gasteiger partial charge in [0.2, 0.25) is 11.6 Å². The van der Waals surface area contributed by atoms with Crippen LogP contribution in [0.25, 0.3) is 0 Å². The van der Waals surface area contributed by atoms with Crippen LogP contribution in [-0.2, 0) is 0 Å². The number of carbonyl (C=O) groups excluding carboxylic acids is 1. The number of methoxy groups -OCH3 is 1. The average molecular weight is 385 g/mol. The number of ketones is 1. The van der Waals surface area contributed by atoms with E-state index in [2.05, 4.69) is 9.97 Å². The van der Waals surface area contributed by atoms with E-state index in [1.54, 1.807) is 30.2 Å². The number of rotatable bonds is 3. The summed E-state index contributed by atoms with van der Waals surface area (Å²) < 4.78 is 11.5. The van der Waals surface area contributed by atoms with Gasteiger partial charge in [-0.3, -0.25) is 14.9 Å². The summed E-state index contributed by atoms with van der Waals surface area (Å²) in [6.07, 6.45) is 2.53. The van der Waals surface area contributed by atoms with Gasteiger partial charge in [0.25, 0.3) is 0 Å². The molecule has 0 atom stereocenters. The molecule has 2 N–H and O–H groups in total. The second kappa shape index (κ2) is 6.63. The molecule has 0 unspecified atom stereocenters. The van der Waals surface area contributed by atoms with E-state index in [1.807, 2.05) is 0 Å². The van der Waals surface area contributed by atoms with E-state index in [1.165, 1.54) is 6.33 Å². The first kappa shape index (κ1) is 18.0. The third kappa shape index (κ3) is 2.96. The Morgan fingerprint density at radius 1 is 1.32 bits per heavy atom. The van der Waals surface area contributed by atoms with Crippen LogP contribution in [-0.4, -0.2) is 46.5 Å². The average Bonchev–Trinajstić information content (AvgIpc) is 2.67. The molecule has 146 valence electrons. The zero-order valence-corrected chi connectivity index (χ0v) is 15.3. The lowest BCUT2D eigenvalue weighted by atomic mass is 9.82. The van der Waals surface area contributed by atoms with Crippen molar-refractivity contribution in [1.82, 2.24) is 9.97 Å². The zero-order chi connectivity index (χ0) is 19.9. The summed E-state index contributed by atoms with van der Waals surface area (Å²) in [5, 5.41) is 11.4. The van der Waals surface area contributed by atoms with Gasteiger partial charge in [-0.05, 0) is 12.1 Å². The molecule has 10 nitrogen and oxygen atoms in total. The molecule has 2 aliphatic heterocycles. The first-order valence-corrected chi connectivity index (χ1v) is 8.82. The zero-order valence-electron chi connectivity index (χ0n) is 15.3. The van der Waals surface area contributed by atoms with E-state index in [0.717, 1.165) is 0 Å². The molecule has 28 heavy (non-hydrogen) atoms. The molecule has 1 spiro atoms. The van der Waals surface area contributed by atoms with Gasteiger partial charge in [0.05, 0.1) is 24.0 Å². The van der Waals surface area contributed by atoms with E-state index in [4.69, 9.17) is 15.2 Å². The van der Waals surface area contributed by atoms with Crippen molar-refractivity contribution in [2.45, 2.75) is 24.9 Å². The number of aromatic nitrogens is 2. The van der Waals surface area contributed by atoms with E-state index >= 15 is 0 Å². The van der Waals surface area contributed by atoms with Crippen LogP contribution in [0.2, 0.25) is 0 Å². The molecule has 2 aliphatic rings. The smallest absolute Gasteiger partial charge is 0.353 e. The molecule has 0 amide bonds. The van der Waals surface area contributed by atoms with E-state index in [-0.39, 0.29) is 29.5 Å². The maximum absolute atomic E-state index is 12.6. The number of hydrogen-bond acceptors (Lipinski definition) is 9. The molecular weight excluding hydrogens is 366 g/mol. The molecule has 0 bridgehead atoms. The van der Waals surface area contributed by atoms with Gasteiger partial charge in [-0.15, -0.1) is 0 Å². The summed E-state index contributed by atoms with van der Waals surface area (Å²) in [5.41, 5.74) is 5.28. The van der Waals surface area contributed by atoms with Crippen molar-refractivity contribution in [1.29, 1.82) is 0 Å². The molecule has 2 aromatic rings. The summed E-state index contributed by atoms with van der Waals surface area (Å²) in [4.78, 5) is 33.0. The van der Waals surface area contributed by atoms with Crippen LogP contribution in [0.3, 0.4) is 0 Å². The number of hydrogen-bond donors (Lipinski definition) is 1. The molecule has 0 aliphatic carbocycles. The lowest BCUT2D eigenvalue weighted by Crippen LogP contribution is -2.51. The fraction of sp³-hybridized carbons (Fsp3) is 0.389. The molecule has 0 saturated carbocycles. The molecule has 1 saturated heterocycles. The Labute approximate surface area is 160 Å². The third-order valence-corrected chi connectivity index (χ3v) is 5.29. The summed E-state index contributed by atoms with van der Waals surface area (Å²) in [5.74, 6) is 1.18. The van der Waals surface area contributed by atoms with Crippen LogP contribution in [0.1, 0.15) is 29.6 Å². The Morgan fingerprint density at radius 3 is 2.75 bits per heavy atom. The number of nitrogens with two attached hydrogens (primary N) is 1. The standard InChI is InChI=1S/C18H19N5O5/c1-27-11-2-3-12-13(24)9-18(28-14(12)8-11)4-6-22(7-5-18)17-15(23(25)26)16(19)20-10-21-17/h2-3,8,10H,4-7,9H2,1H3,(H2,19,20,21). The summed E-state index contributed by atoms with van der Waals surface area (Å²) in [6.45, 7) is 0.897. The van der Waals surface area contributed by atoms with E-state index in [9.17, 15) is 14.9 Å². The normalized spacial score (nSPS) is 17.8. The Balaban J connectivity index is 1.57. The highest BCUT2D eigenvalue weighted by molar-refractivity contribution is 6.00. The number of fused-ring (bicyclic) bond motifs is 1. The van der Waals surface area contributed by atoms with Crippen molar-refractivity contribution in [2.24, 2.45) is 0 Å². The minimum atomic E-state index is -0.639. The van der Waals surface area contributed by atoms with Gasteiger partial charge in [-0.25, -0.2) is 9.97 Å². The lowest BCUT2D eigenvalue weighted by Gasteiger charge is -2.44. The van der Waals surface area contributed by atoms with Gasteiger partial charge in [0.15, 0.2) is 5.78 Å². The third-order valence-electron chi connectivity index (χ3n) is 5.29. The minimum absolute atomic E-state index is 0.0228. The second-order valence-electron chi connectivity index (χ2n) is 6.92. The van der Waals surface area contributed by atoms with Crippen LogP contribution in [0.4, 0.5) is 17.3 Å². The monoisotopic (exact) mass is 385 g/mol. The molecule has 10 heteroatoms. The number of anilines is 2. The van der Waals surface area contributed by atoms with Crippen LogP contribution in [0.15, 0.2) is 24.5 Å². The summed E-state index contributed by atoms with van der Waals surface area (Å²) in [7, 11) is 1.56. The van der Waals surface area contributed by atoms with Crippen molar-refractivity contribution in [3.05, 3.63) is 40.2 Å². The Kier molecular flexibility index (Phi) is 4.25. The first-order valence-electron chi connectivity index (χ1n) is 8.82. The second-order valence-corrected chi connectivity index (χ2v) is 6.92. The van der Waals surface area contributed by atoms with Crippen LogP contribution in [0, 0.1) is 10.1 Å². The quantitative estimate of drug-likeness (QED) is 0.621. The molecule has 1 aromatic heterocycles. The number of nitrogens with zero attached hydrogens (tertiary/aromatic N) is 4. The van der Waals surface area contributed by atoms with E-state index in [0.29, 0.717) is 43.0 Å². The molecule has 0 radical (unpaired) electrons. The predicted molar refractivity (Wildman–Crippen MR) is 99.8 cm³/mol. The lowest BCUT2D eigenvalue weighted by molar-refractivity contribution is -0.383. The van der Waals surface area contributed by atoms with Gasteiger partial charge in [-0.1, -0.05) is 0 Å². The largest absolute Gasteiger partial charge is 0.497 e. The van der Waals surface area contributed by atoms with Crippen LogP contribution < -0.4 is 20.1 Å². The van der Waals surface area contributed by atoms with Crippen molar-refractivity contribution < 1.29 is 19.2 Å². The van der Waals surface area contributed by atoms with Crippen LogP contribution >= 0.6 is 0 Å². The molecule has 3 heterocycles. The van der Waals surface area contributed by atoms with Gasteiger partial charge in [-0.2, -0.15) is 0 Å². The van der Waals surface area contributed by atoms with E-state index < -0.39 is 10.5 Å². The maximum Gasteiger partial charge on any atom is 0.353 e. The highest BCUT2D eigenvalue weighted by Gasteiger charge is 2.44. The van der Waals surface area contributed by atoms with Crippen molar-refractivity contribution >= 4 is 23.1 Å². The van der Waals surface area contributed by atoms with Crippen molar-refractivity contribution in [3.8, 4) is 11.5 Å². The highest BCUT2D eigenvalue weighted by atomic mass is 16.6. The number of carbonyl (C=O) groups is 1. The number of ether oxygens (including phenoxy) is 2. The first-order chi connectivity index (χ1) is 13.4. The molecule has 1 fully saturated rings. The van der Waals surface area contributed by atoms with Gasteiger partial charge >= 0.3 is 5.69 Å². The van der Waals surface area contributed by atoms with Crippen molar-refractivity contribution in [3.63, 3.8) is 0 Å². The Hall–Kier alpha value is -3.43. The summed E-state index contributed by atoms with van der Waals surface area (Å²) >= 11 is 0. The van der Waals surface area contributed by atoms with Gasteiger partial charge in [0, 0.05) is 32.0 Å². The number of benzene rings is 1. The van der Waals surface area contributed by atoms with Crippen LogP contribution in [0.5, 0.6) is 11.5 Å². The molecule has 1 aromatic carbocycles. The van der Waals surface area contributed by atoms with Crippen molar-refractivity contribution in [2.75, 3.05) is 30.8 Å². The fourth-order valence-corrected chi connectivity index (χ4v) is 3.80. The molecule has 4 rings (SSSR count). The Bertz CT molecular complexity index is 955. The topological polar surface area (TPSA) is 134 Å². The highest BCUT2D eigenvalue weighted by Crippen LogP contribution is 2.42.